The summed E-state index contributed by atoms with van der Waals surface area (Å²) in [5, 5.41) is 7.78. The molecule has 1 amide bonds. The Hall–Kier alpha value is -2.91. The topological polar surface area (TPSA) is 104 Å². The Balaban J connectivity index is 1.24. The quantitative estimate of drug-likeness (QED) is 0.758. The van der Waals surface area contributed by atoms with E-state index < -0.39 is 33.4 Å². The van der Waals surface area contributed by atoms with Crippen LogP contribution in [0.15, 0.2) is 48.5 Å². The number of fused-ring (bicyclic) bond motifs is 3. The highest BCUT2D eigenvalue weighted by Crippen LogP contribution is 2.44. The first-order valence-electron chi connectivity index (χ1n) is 10.7. The van der Waals surface area contributed by atoms with Crippen molar-refractivity contribution < 1.29 is 27.9 Å². The molecule has 0 aromatic heterocycles. The third-order valence-corrected chi connectivity index (χ3v) is 9.03. The number of hydrogen-bond donors (Lipinski definition) is 1. The average Bonchev–Trinajstić information content (AvgIpc) is 3.46. The first kappa shape index (κ1) is 21.0. The van der Waals surface area contributed by atoms with Crippen LogP contribution in [-0.2, 0) is 19.6 Å². The van der Waals surface area contributed by atoms with Crippen molar-refractivity contribution in [3.63, 3.8) is 0 Å². The summed E-state index contributed by atoms with van der Waals surface area (Å²) in [7, 11) is -3.90. The Kier molecular flexibility index (Phi) is 5.17. The van der Waals surface area contributed by atoms with Crippen LogP contribution >= 0.6 is 0 Å². The number of carbonyl (C=O) groups is 2. The van der Waals surface area contributed by atoms with Crippen LogP contribution in [0.1, 0.15) is 29.9 Å². The van der Waals surface area contributed by atoms with Gasteiger partial charge in [0, 0.05) is 31.6 Å². The summed E-state index contributed by atoms with van der Waals surface area (Å²) in [6.07, 6.45) is 0.0650. The lowest BCUT2D eigenvalue weighted by atomic mass is 9.98. The lowest BCUT2D eigenvalue weighted by molar-refractivity contribution is -0.136. The molecule has 9 heteroatoms. The number of carbonyl (C=O) groups excluding carboxylic acids is 1. The summed E-state index contributed by atoms with van der Waals surface area (Å²) < 4.78 is 32.0. The van der Waals surface area contributed by atoms with E-state index in [0.29, 0.717) is 13.0 Å². The molecule has 5 rings (SSSR count). The van der Waals surface area contributed by atoms with E-state index in [-0.39, 0.29) is 32.0 Å². The van der Waals surface area contributed by atoms with E-state index in [4.69, 9.17) is 4.74 Å². The van der Waals surface area contributed by atoms with Crippen molar-refractivity contribution in [2.45, 2.75) is 30.1 Å². The van der Waals surface area contributed by atoms with E-state index in [1.54, 1.807) is 0 Å². The van der Waals surface area contributed by atoms with Gasteiger partial charge in [0.1, 0.15) is 6.61 Å². The molecule has 2 saturated heterocycles. The normalized spacial score (nSPS) is 24.3. The summed E-state index contributed by atoms with van der Waals surface area (Å²) >= 11 is 0. The SMILES string of the molecule is O=C(O)C1CCN(C2CCN(C(=O)OCC3c4ccccc4-c4ccccc43)C2)S1(=O)=O. The summed E-state index contributed by atoms with van der Waals surface area (Å²) in [6.45, 7) is 0.965. The molecule has 2 atom stereocenters. The minimum Gasteiger partial charge on any atom is -0.480 e. The number of hydrogen-bond acceptors (Lipinski definition) is 5. The van der Waals surface area contributed by atoms with Crippen molar-refractivity contribution in [3.8, 4) is 11.1 Å². The molecule has 2 aliphatic heterocycles. The van der Waals surface area contributed by atoms with Crippen LogP contribution < -0.4 is 0 Å². The second-order valence-electron chi connectivity index (χ2n) is 8.46. The van der Waals surface area contributed by atoms with E-state index in [2.05, 4.69) is 24.3 Å². The number of carboxylic acid groups (broad SMARTS) is 1. The lowest BCUT2D eigenvalue weighted by Crippen LogP contribution is -2.42. The third kappa shape index (κ3) is 3.36. The van der Waals surface area contributed by atoms with Crippen molar-refractivity contribution >= 4 is 22.1 Å². The Morgan fingerprint density at radius 3 is 2.19 bits per heavy atom. The maximum Gasteiger partial charge on any atom is 0.409 e. The second kappa shape index (κ2) is 7.90. The molecular weight excluding hydrogens is 432 g/mol. The van der Waals surface area contributed by atoms with Gasteiger partial charge in [0.25, 0.3) is 0 Å². The third-order valence-electron chi connectivity index (χ3n) is 6.74. The van der Waals surface area contributed by atoms with Crippen LogP contribution in [0.4, 0.5) is 4.79 Å². The molecule has 32 heavy (non-hydrogen) atoms. The fourth-order valence-electron chi connectivity index (χ4n) is 5.15. The lowest BCUT2D eigenvalue weighted by Gasteiger charge is -2.23. The number of amides is 1. The van der Waals surface area contributed by atoms with Gasteiger partial charge in [-0.15, -0.1) is 0 Å². The van der Waals surface area contributed by atoms with E-state index >= 15 is 0 Å². The first-order chi connectivity index (χ1) is 15.4. The molecule has 168 valence electrons. The summed E-state index contributed by atoms with van der Waals surface area (Å²) in [5.41, 5.74) is 4.56. The van der Waals surface area contributed by atoms with E-state index in [9.17, 15) is 23.1 Å². The van der Waals surface area contributed by atoms with Gasteiger partial charge in [-0.25, -0.2) is 13.2 Å². The van der Waals surface area contributed by atoms with Gasteiger partial charge in [0.15, 0.2) is 5.25 Å². The Labute approximate surface area is 186 Å². The maximum absolute atomic E-state index is 12.8. The highest BCUT2D eigenvalue weighted by Gasteiger charge is 2.48. The number of likely N-dealkylation sites (tertiary alicyclic amines) is 1. The van der Waals surface area contributed by atoms with E-state index in [1.807, 2.05) is 24.3 Å². The molecule has 2 aromatic carbocycles. The number of sulfonamides is 1. The van der Waals surface area contributed by atoms with Gasteiger partial charge in [-0.05, 0) is 35.1 Å². The van der Waals surface area contributed by atoms with Gasteiger partial charge in [-0.3, -0.25) is 4.79 Å². The Morgan fingerprint density at radius 1 is 0.969 bits per heavy atom. The van der Waals surface area contributed by atoms with E-state index in [1.165, 1.54) is 9.21 Å². The highest BCUT2D eigenvalue weighted by atomic mass is 32.2. The van der Waals surface area contributed by atoms with Crippen LogP contribution in [0.2, 0.25) is 0 Å². The molecule has 2 heterocycles. The Bertz CT molecular complexity index is 1140. The molecule has 0 bridgehead atoms. The largest absolute Gasteiger partial charge is 0.480 e. The van der Waals surface area contributed by atoms with Gasteiger partial charge < -0.3 is 14.7 Å². The smallest absolute Gasteiger partial charge is 0.409 e. The highest BCUT2D eigenvalue weighted by molar-refractivity contribution is 7.90. The fourth-order valence-corrected chi connectivity index (χ4v) is 7.09. The average molecular weight is 457 g/mol. The summed E-state index contributed by atoms with van der Waals surface area (Å²) in [6, 6.07) is 15.8. The molecule has 0 saturated carbocycles. The van der Waals surface area contributed by atoms with Crippen molar-refractivity contribution in [1.29, 1.82) is 0 Å². The minimum absolute atomic E-state index is 0.0416. The fraction of sp³-hybridized carbons (Fsp3) is 0.391. The van der Waals surface area contributed by atoms with Crippen molar-refractivity contribution in [3.05, 3.63) is 59.7 Å². The van der Waals surface area contributed by atoms with E-state index in [0.717, 1.165) is 22.3 Å². The van der Waals surface area contributed by atoms with Crippen molar-refractivity contribution in [2.75, 3.05) is 26.2 Å². The molecule has 1 N–H and O–H groups in total. The monoisotopic (exact) mass is 456 g/mol. The van der Waals surface area contributed by atoms with Gasteiger partial charge in [-0.1, -0.05) is 48.5 Å². The zero-order valence-electron chi connectivity index (χ0n) is 17.4. The van der Waals surface area contributed by atoms with Crippen LogP contribution in [0.3, 0.4) is 0 Å². The van der Waals surface area contributed by atoms with Crippen molar-refractivity contribution in [2.24, 2.45) is 0 Å². The number of nitrogens with zero attached hydrogens (tertiary/aromatic N) is 2. The number of carboxylic acids is 1. The number of benzene rings is 2. The standard InChI is InChI=1S/C23H24N2O6S/c26-22(27)21-10-12-25(32(21,29)30)15-9-11-24(13-15)23(28)31-14-20-18-7-3-1-5-16(18)17-6-2-4-8-19(17)20/h1-8,15,20-21H,9-14H2,(H,26,27). The molecule has 0 radical (unpaired) electrons. The first-order valence-corrected chi connectivity index (χ1v) is 12.2. The summed E-state index contributed by atoms with van der Waals surface area (Å²) in [4.78, 5) is 25.5. The van der Waals surface area contributed by atoms with Crippen LogP contribution in [0.5, 0.6) is 0 Å². The van der Waals surface area contributed by atoms with Crippen LogP contribution in [0, 0.1) is 0 Å². The maximum atomic E-state index is 12.8. The molecule has 8 nitrogen and oxygen atoms in total. The van der Waals surface area contributed by atoms with Gasteiger partial charge in [0.2, 0.25) is 10.0 Å². The summed E-state index contributed by atoms with van der Waals surface area (Å²) in [5.74, 6) is -1.36. The molecule has 2 unspecified atom stereocenters. The molecule has 0 spiro atoms. The van der Waals surface area contributed by atoms with Gasteiger partial charge in [0.05, 0.1) is 0 Å². The number of ether oxygens (including phenoxy) is 1. The number of aliphatic carboxylic acids is 1. The van der Waals surface area contributed by atoms with Crippen molar-refractivity contribution in [1.82, 2.24) is 9.21 Å². The zero-order valence-corrected chi connectivity index (χ0v) is 18.2. The molecule has 2 fully saturated rings. The second-order valence-corrected chi connectivity index (χ2v) is 10.5. The molecular formula is C23H24N2O6S. The van der Waals surface area contributed by atoms with Crippen LogP contribution in [-0.4, -0.2) is 72.3 Å². The number of rotatable bonds is 4. The zero-order chi connectivity index (χ0) is 22.5. The predicted molar refractivity (Wildman–Crippen MR) is 117 cm³/mol. The predicted octanol–water partition coefficient (Wildman–Crippen LogP) is 2.50. The van der Waals surface area contributed by atoms with Crippen LogP contribution in [0.25, 0.3) is 11.1 Å². The Morgan fingerprint density at radius 2 is 1.59 bits per heavy atom. The van der Waals surface area contributed by atoms with Gasteiger partial charge in [-0.2, -0.15) is 4.31 Å². The molecule has 1 aliphatic carbocycles. The minimum atomic E-state index is -3.90. The van der Waals surface area contributed by atoms with Gasteiger partial charge >= 0.3 is 12.1 Å². The molecule has 2 aromatic rings. The molecule has 3 aliphatic rings.